The number of furan rings is 1. The number of carbonyl (C=O) groups is 2. The summed E-state index contributed by atoms with van der Waals surface area (Å²) >= 11 is 4.30. The summed E-state index contributed by atoms with van der Waals surface area (Å²) < 4.78 is 6.66. The first-order valence-electron chi connectivity index (χ1n) is 6.36. The molecule has 0 aliphatic heterocycles. The van der Waals surface area contributed by atoms with Gasteiger partial charge in [-0.3, -0.25) is 10.1 Å². The van der Waals surface area contributed by atoms with E-state index in [2.05, 4.69) is 20.8 Å². The van der Waals surface area contributed by atoms with Crippen molar-refractivity contribution in [2.75, 3.05) is 11.5 Å². The molecule has 0 saturated heterocycles. The van der Waals surface area contributed by atoms with Crippen molar-refractivity contribution in [3.63, 3.8) is 0 Å². The largest absolute Gasteiger partial charge is 0.467 e. The summed E-state index contributed by atoms with van der Waals surface area (Å²) in [5, 5.41) is 12.7. The van der Waals surface area contributed by atoms with Gasteiger partial charge >= 0.3 is 6.03 Å². The summed E-state index contributed by atoms with van der Waals surface area (Å²) in [7, 11) is 0. The van der Waals surface area contributed by atoms with Crippen LogP contribution in [0.5, 0.6) is 0 Å². The molecule has 0 atom stereocenters. The molecule has 3 amide bonds. The van der Waals surface area contributed by atoms with Gasteiger partial charge < -0.3 is 9.73 Å². The molecule has 0 saturated carbocycles. The molecular weight excluding hydrogens is 344 g/mol. The number of nitrogens with zero attached hydrogens (tertiary/aromatic N) is 2. The molecule has 0 aromatic carbocycles. The number of urea groups is 1. The van der Waals surface area contributed by atoms with E-state index in [-0.39, 0.29) is 18.2 Å². The molecule has 2 aromatic rings. The molecule has 0 aliphatic carbocycles. The van der Waals surface area contributed by atoms with Gasteiger partial charge in [0, 0.05) is 0 Å². The van der Waals surface area contributed by atoms with Crippen LogP contribution in [0.2, 0.25) is 0 Å². The number of nitrogens with one attached hydrogen (secondary N) is 2. The zero-order valence-corrected chi connectivity index (χ0v) is 14.1. The topological polar surface area (TPSA) is 97.1 Å². The molecule has 0 fully saturated rings. The number of aromatic nitrogens is 2. The van der Waals surface area contributed by atoms with Crippen molar-refractivity contribution in [2.24, 2.45) is 0 Å². The predicted molar refractivity (Wildman–Crippen MR) is 86.1 cm³/mol. The molecule has 7 nitrogen and oxygen atoms in total. The van der Waals surface area contributed by atoms with Gasteiger partial charge in [-0.1, -0.05) is 41.8 Å². The van der Waals surface area contributed by atoms with Crippen LogP contribution in [-0.4, -0.2) is 33.6 Å². The normalized spacial score (nSPS) is 10.4. The molecule has 2 N–H and O–H groups in total. The Labute approximate surface area is 139 Å². The average molecular weight is 358 g/mol. The Balaban J connectivity index is 1.67. The Morgan fingerprint density at radius 1 is 1.32 bits per heavy atom. The van der Waals surface area contributed by atoms with Crippen molar-refractivity contribution in [2.45, 2.75) is 22.1 Å². The van der Waals surface area contributed by atoms with Crippen LogP contribution in [0.4, 0.5) is 4.79 Å². The molecule has 0 radical (unpaired) electrons. The zero-order chi connectivity index (χ0) is 15.8. The summed E-state index contributed by atoms with van der Waals surface area (Å²) in [5.41, 5.74) is 0. The first-order valence-corrected chi connectivity index (χ1v) is 9.15. The Hall–Kier alpha value is -1.52. The van der Waals surface area contributed by atoms with E-state index in [1.54, 1.807) is 23.9 Å². The third kappa shape index (κ3) is 5.70. The lowest BCUT2D eigenvalue weighted by molar-refractivity contribution is -0.117. The number of carbonyl (C=O) groups excluding carboxylic acids is 2. The van der Waals surface area contributed by atoms with Crippen LogP contribution in [0.25, 0.3) is 0 Å². The second-order valence-corrected chi connectivity index (χ2v) is 7.58. The van der Waals surface area contributed by atoms with Crippen LogP contribution in [0, 0.1) is 0 Å². The Morgan fingerprint density at radius 3 is 2.77 bits per heavy atom. The first kappa shape index (κ1) is 16.8. The zero-order valence-electron chi connectivity index (χ0n) is 11.7. The third-order valence-corrected chi connectivity index (χ3v) is 5.31. The van der Waals surface area contributed by atoms with E-state index in [0.717, 1.165) is 10.1 Å². The van der Waals surface area contributed by atoms with E-state index in [1.165, 1.54) is 29.4 Å². The SMILES string of the molecule is CCSc1nnc(SCC(=O)NC(=O)NCc2ccco2)s1. The second-order valence-electron chi connectivity index (χ2n) is 3.87. The Morgan fingerprint density at radius 2 is 2.09 bits per heavy atom. The second kappa shape index (κ2) is 8.81. The van der Waals surface area contributed by atoms with Crippen molar-refractivity contribution in [3.8, 4) is 0 Å². The lowest BCUT2D eigenvalue weighted by Crippen LogP contribution is -2.39. The van der Waals surface area contributed by atoms with Gasteiger partial charge in [-0.2, -0.15) is 0 Å². The highest BCUT2D eigenvalue weighted by molar-refractivity contribution is 8.03. The van der Waals surface area contributed by atoms with Gasteiger partial charge in [-0.25, -0.2) is 4.79 Å². The molecule has 22 heavy (non-hydrogen) atoms. The average Bonchev–Trinajstić information content (AvgIpc) is 3.15. The van der Waals surface area contributed by atoms with Crippen LogP contribution < -0.4 is 10.6 Å². The molecule has 0 bridgehead atoms. The molecule has 2 heterocycles. The van der Waals surface area contributed by atoms with E-state index in [4.69, 9.17) is 4.42 Å². The number of imide groups is 1. The van der Waals surface area contributed by atoms with Gasteiger partial charge in [-0.05, 0) is 17.9 Å². The van der Waals surface area contributed by atoms with Crippen molar-refractivity contribution < 1.29 is 14.0 Å². The quantitative estimate of drug-likeness (QED) is 0.733. The molecular formula is C12H14N4O3S3. The van der Waals surface area contributed by atoms with Crippen molar-refractivity contribution >= 4 is 46.8 Å². The maximum Gasteiger partial charge on any atom is 0.321 e. The molecule has 0 spiro atoms. The third-order valence-electron chi connectivity index (χ3n) is 2.24. The molecule has 10 heteroatoms. The molecule has 2 rings (SSSR count). The Bertz CT molecular complexity index is 615. The molecule has 0 unspecified atom stereocenters. The number of hydrogen-bond donors (Lipinski definition) is 2. The summed E-state index contributed by atoms with van der Waals surface area (Å²) in [4.78, 5) is 23.2. The maximum atomic E-state index is 11.7. The van der Waals surface area contributed by atoms with Crippen molar-refractivity contribution in [1.29, 1.82) is 0 Å². The fourth-order valence-electron chi connectivity index (χ4n) is 1.35. The number of thioether (sulfide) groups is 2. The van der Waals surface area contributed by atoms with Crippen LogP contribution in [0.3, 0.4) is 0 Å². The highest BCUT2D eigenvalue weighted by atomic mass is 32.2. The highest BCUT2D eigenvalue weighted by Gasteiger charge is 2.11. The van der Waals surface area contributed by atoms with Gasteiger partial charge in [-0.15, -0.1) is 10.2 Å². The summed E-state index contributed by atoms with van der Waals surface area (Å²) in [5.74, 6) is 1.27. The monoisotopic (exact) mass is 358 g/mol. The van der Waals surface area contributed by atoms with E-state index in [0.29, 0.717) is 10.1 Å². The van der Waals surface area contributed by atoms with Crippen LogP contribution >= 0.6 is 34.9 Å². The minimum atomic E-state index is -0.554. The Kier molecular flexibility index (Phi) is 6.74. The number of hydrogen-bond acceptors (Lipinski definition) is 8. The fraction of sp³-hybridized carbons (Fsp3) is 0.333. The van der Waals surface area contributed by atoms with Gasteiger partial charge in [0.25, 0.3) is 0 Å². The fourth-order valence-corrected chi connectivity index (χ4v) is 4.07. The minimum absolute atomic E-state index is 0.111. The van der Waals surface area contributed by atoms with Crippen molar-refractivity contribution in [1.82, 2.24) is 20.8 Å². The standard InChI is InChI=1S/C12H14N4O3S3/c1-2-20-11-15-16-12(22-11)21-7-9(17)14-10(18)13-6-8-4-3-5-19-8/h3-5H,2,6-7H2,1H3,(H2,13,14,17,18). The lowest BCUT2D eigenvalue weighted by Gasteiger charge is -2.04. The molecule has 2 aromatic heterocycles. The van der Waals surface area contributed by atoms with E-state index in [1.807, 2.05) is 6.92 Å². The molecule has 0 aliphatic rings. The van der Waals surface area contributed by atoms with Gasteiger partial charge in [0.15, 0.2) is 8.68 Å². The van der Waals surface area contributed by atoms with E-state index < -0.39 is 6.03 Å². The van der Waals surface area contributed by atoms with Gasteiger partial charge in [0.05, 0.1) is 18.6 Å². The summed E-state index contributed by atoms with van der Waals surface area (Å²) in [6, 6.07) is 2.91. The molecule has 118 valence electrons. The maximum absolute atomic E-state index is 11.7. The van der Waals surface area contributed by atoms with Crippen LogP contribution in [0.1, 0.15) is 12.7 Å². The predicted octanol–water partition coefficient (Wildman–Crippen LogP) is 2.36. The highest BCUT2D eigenvalue weighted by Crippen LogP contribution is 2.28. The van der Waals surface area contributed by atoms with Crippen LogP contribution in [0.15, 0.2) is 31.5 Å². The summed E-state index contributed by atoms with van der Waals surface area (Å²) in [6.07, 6.45) is 1.52. The van der Waals surface area contributed by atoms with E-state index >= 15 is 0 Å². The van der Waals surface area contributed by atoms with Gasteiger partial charge in [0.1, 0.15) is 5.76 Å². The summed E-state index contributed by atoms with van der Waals surface area (Å²) in [6.45, 7) is 2.26. The van der Waals surface area contributed by atoms with Gasteiger partial charge in [0.2, 0.25) is 5.91 Å². The van der Waals surface area contributed by atoms with Crippen molar-refractivity contribution in [3.05, 3.63) is 24.2 Å². The van der Waals surface area contributed by atoms with E-state index in [9.17, 15) is 9.59 Å². The number of rotatable bonds is 7. The lowest BCUT2D eigenvalue weighted by atomic mass is 10.4. The minimum Gasteiger partial charge on any atom is -0.467 e. The van der Waals surface area contributed by atoms with Crippen LogP contribution in [-0.2, 0) is 11.3 Å². The smallest absolute Gasteiger partial charge is 0.321 e. The first-order chi connectivity index (χ1) is 10.7. The number of amides is 3.